The molecule has 0 spiro atoms. The maximum absolute atomic E-state index is 11.7. The van der Waals surface area contributed by atoms with E-state index in [0.717, 1.165) is 11.4 Å². The number of thioether (sulfide) groups is 1. The first-order valence-electron chi connectivity index (χ1n) is 6.92. The van der Waals surface area contributed by atoms with Crippen LogP contribution in [0.4, 0.5) is 0 Å². The third-order valence-corrected chi connectivity index (χ3v) is 3.72. The molecule has 8 heteroatoms. The second kappa shape index (κ2) is 7.79. The molecule has 0 fully saturated rings. The predicted octanol–water partition coefficient (Wildman–Crippen LogP) is 1.54. The molecule has 0 aliphatic carbocycles. The third-order valence-electron chi connectivity index (χ3n) is 2.80. The van der Waals surface area contributed by atoms with Crippen molar-refractivity contribution in [2.24, 2.45) is 5.92 Å². The molecule has 0 aliphatic heterocycles. The summed E-state index contributed by atoms with van der Waals surface area (Å²) in [5.74, 6) is 1.45. The van der Waals surface area contributed by atoms with Crippen LogP contribution in [0, 0.1) is 5.92 Å². The first-order valence-corrected chi connectivity index (χ1v) is 7.91. The van der Waals surface area contributed by atoms with Crippen molar-refractivity contribution >= 4 is 17.7 Å². The number of methoxy groups -OCH3 is 1. The fraction of sp³-hybridized carbons (Fsp3) is 0.429. The second-order valence-electron chi connectivity index (χ2n) is 5.06. The monoisotopic (exact) mass is 321 g/mol. The topological polar surface area (TPSA) is 81.9 Å². The lowest BCUT2D eigenvalue weighted by atomic mass is 10.2. The summed E-state index contributed by atoms with van der Waals surface area (Å²) in [4.78, 5) is 11.7. The fourth-order valence-electron chi connectivity index (χ4n) is 1.65. The molecule has 0 bridgehead atoms. The van der Waals surface area contributed by atoms with Gasteiger partial charge in [-0.3, -0.25) is 4.79 Å². The highest BCUT2D eigenvalue weighted by Crippen LogP contribution is 2.20. The molecule has 0 unspecified atom stereocenters. The molecule has 0 saturated carbocycles. The Labute approximate surface area is 133 Å². The number of aromatic nitrogens is 4. The van der Waals surface area contributed by atoms with Crippen LogP contribution in [0.1, 0.15) is 13.8 Å². The summed E-state index contributed by atoms with van der Waals surface area (Å²) in [6, 6.07) is 7.39. The predicted molar refractivity (Wildman–Crippen MR) is 84.3 cm³/mol. The molecule has 0 atom stereocenters. The highest BCUT2D eigenvalue weighted by atomic mass is 32.2. The summed E-state index contributed by atoms with van der Waals surface area (Å²) in [5.41, 5.74) is 0.816. The van der Waals surface area contributed by atoms with Crippen molar-refractivity contribution in [1.29, 1.82) is 0 Å². The second-order valence-corrected chi connectivity index (χ2v) is 6.00. The first-order chi connectivity index (χ1) is 10.6. The Hall–Kier alpha value is -2.09. The lowest BCUT2D eigenvalue weighted by molar-refractivity contribution is -0.118. The number of rotatable bonds is 7. The number of carbonyl (C=O) groups is 1. The van der Waals surface area contributed by atoms with Gasteiger partial charge in [-0.1, -0.05) is 25.6 Å². The highest BCUT2D eigenvalue weighted by Gasteiger charge is 2.11. The number of hydrogen-bond donors (Lipinski definition) is 1. The normalized spacial score (nSPS) is 10.7. The smallest absolute Gasteiger partial charge is 0.230 e. The summed E-state index contributed by atoms with van der Waals surface area (Å²) in [6.45, 7) is 4.78. The van der Waals surface area contributed by atoms with Crippen LogP contribution in [0.2, 0.25) is 0 Å². The minimum Gasteiger partial charge on any atom is -0.497 e. The molecule has 1 aromatic heterocycles. The zero-order valence-electron chi connectivity index (χ0n) is 12.8. The average Bonchev–Trinajstić information content (AvgIpc) is 2.99. The van der Waals surface area contributed by atoms with Gasteiger partial charge in [0.2, 0.25) is 11.1 Å². The van der Waals surface area contributed by atoms with Crippen molar-refractivity contribution in [3.05, 3.63) is 24.3 Å². The summed E-state index contributed by atoms with van der Waals surface area (Å²) < 4.78 is 6.72. The van der Waals surface area contributed by atoms with Crippen molar-refractivity contribution in [3.63, 3.8) is 0 Å². The molecule has 1 aromatic carbocycles. The minimum absolute atomic E-state index is 0.0250. The van der Waals surface area contributed by atoms with Crippen LogP contribution >= 0.6 is 11.8 Å². The van der Waals surface area contributed by atoms with Gasteiger partial charge in [0, 0.05) is 6.54 Å². The quantitative estimate of drug-likeness (QED) is 0.779. The van der Waals surface area contributed by atoms with Crippen LogP contribution in [0.15, 0.2) is 29.4 Å². The van der Waals surface area contributed by atoms with E-state index in [4.69, 9.17) is 4.74 Å². The van der Waals surface area contributed by atoms with Gasteiger partial charge < -0.3 is 10.1 Å². The van der Waals surface area contributed by atoms with Crippen LogP contribution in [0.5, 0.6) is 5.75 Å². The van der Waals surface area contributed by atoms with Gasteiger partial charge in [-0.25, -0.2) is 0 Å². The lowest BCUT2D eigenvalue weighted by Crippen LogP contribution is -2.28. The summed E-state index contributed by atoms with van der Waals surface area (Å²) in [6.07, 6.45) is 0. The van der Waals surface area contributed by atoms with Gasteiger partial charge in [0.1, 0.15) is 5.75 Å². The number of carbonyl (C=O) groups excluding carboxylic acids is 1. The number of hydrogen-bond acceptors (Lipinski definition) is 6. The maximum Gasteiger partial charge on any atom is 0.230 e. The van der Waals surface area contributed by atoms with Gasteiger partial charge in [0.25, 0.3) is 0 Å². The summed E-state index contributed by atoms with van der Waals surface area (Å²) in [5, 5.41) is 15.0. The number of amides is 1. The van der Waals surface area contributed by atoms with Gasteiger partial charge >= 0.3 is 0 Å². The molecule has 1 heterocycles. The number of nitrogens with zero attached hydrogens (tertiary/aromatic N) is 4. The number of tetrazole rings is 1. The Kier molecular flexibility index (Phi) is 5.76. The molecule has 0 radical (unpaired) electrons. The third kappa shape index (κ3) is 4.45. The summed E-state index contributed by atoms with van der Waals surface area (Å²) >= 11 is 1.30. The maximum atomic E-state index is 11.7. The zero-order chi connectivity index (χ0) is 15.9. The largest absolute Gasteiger partial charge is 0.497 e. The van der Waals surface area contributed by atoms with E-state index in [0.29, 0.717) is 17.6 Å². The SMILES string of the molecule is COc1ccc(-n2nnnc2SCC(=O)NCC(C)C)cc1. The molecule has 1 amide bonds. The highest BCUT2D eigenvalue weighted by molar-refractivity contribution is 7.99. The molecule has 2 rings (SSSR count). The Morgan fingerprint density at radius 2 is 2.09 bits per heavy atom. The van der Waals surface area contributed by atoms with Gasteiger partial charge in [-0.15, -0.1) is 5.10 Å². The Bertz CT molecular complexity index is 612. The molecular formula is C14H19N5O2S. The number of nitrogens with one attached hydrogen (secondary N) is 1. The van der Waals surface area contributed by atoms with E-state index in [1.165, 1.54) is 11.8 Å². The number of ether oxygens (including phenoxy) is 1. The molecule has 22 heavy (non-hydrogen) atoms. The molecule has 7 nitrogen and oxygen atoms in total. The van der Waals surface area contributed by atoms with E-state index in [-0.39, 0.29) is 11.7 Å². The minimum atomic E-state index is -0.0250. The van der Waals surface area contributed by atoms with Crippen LogP contribution < -0.4 is 10.1 Å². The van der Waals surface area contributed by atoms with E-state index >= 15 is 0 Å². The van der Waals surface area contributed by atoms with Gasteiger partial charge in [0.05, 0.1) is 18.6 Å². The first kappa shape index (κ1) is 16.3. The Morgan fingerprint density at radius 1 is 1.36 bits per heavy atom. The van der Waals surface area contributed by atoms with Gasteiger partial charge in [-0.2, -0.15) is 4.68 Å². The molecule has 2 aromatic rings. The van der Waals surface area contributed by atoms with Crippen molar-refractivity contribution in [2.75, 3.05) is 19.4 Å². The van der Waals surface area contributed by atoms with Crippen LogP contribution in [0.25, 0.3) is 5.69 Å². The summed E-state index contributed by atoms with van der Waals surface area (Å²) in [7, 11) is 1.61. The fourth-order valence-corrected chi connectivity index (χ4v) is 2.37. The molecule has 1 N–H and O–H groups in total. The average molecular weight is 321 g/mol. The molecule has 0 saturated heterocycles. The zero-order valence-corrected chi connectivity index (χ0v) is 13.6. The van der Waals surface area contributed by atoms with E-state index in [9.17, 15) is 4.79 Å². The van der Waals surface area contributed by atoms with E-state index in [1.807, 2.05) is 24.3 Å². The van der Waals surface area contributed by atoms with Crippen molar-refractivity contribution < 1.29 is 9.53 Å². The molecular weight excluding hydrogens is 302 g/mol. The van der Waals surface area contributed by atoms with Crippen molar-refractivity contribution in [2.45, 2.75) is 19.0 Å². The van der Waals surface area contributed by atoms with Gasteiger partial charge in [-0.05, 0) is 40.6 Å². The molecule has 0 aliphatic rings. The Morgan fingerprint density at radius 3 is 2.73 bits per heavy atom. The molecule has 118 valence electrons. The van der Waals surface area contributed by atoms with Gasteiger partial charge in [0.15, 0.2) is 0 Å². The number of benzene rings is 1. The standard InChI is InChI=1S/C14H19N5O2S/c1-10(2)8-15-13(20)9-22-14-16-17-18-19(14)11-4-6-12(21-3)7-5-11/h4-7,10H,8-9H2,1-3H3,(H,15,20). The van der Waals surface area contributed by atoms with Crippen molar-refractivity contribution in [3.8, 4) is 11.4 Å². The van der Waals surface area contributed by atoms with Crippen LogP contribution in [-0.2, 0) is 4.79 Å². The van der Waals surface area contributed by atoms with E-state index in [1.54, 1.807) is 11.8 Å². The van der Waals surface area contributed by atoms with Crippen molar-refractivity contribution in [1.82, 2.24) is 25.5 Å². The van der Waals surface area contributed by atoms with Crippen LogP contribution in [-0.4, -0.2) is 45.5 Å². The Balaban J connectivity index is 1.98. The van der Waals surface area contributed by atoms with E-state index < -0.39 is 0 Å². The van der Waals surface area contributed by atoms with E-state index in [2.05, 4.69) is 34.7 Å². The van der Waals surface area contributed by atoms with Crippen LogP contribution in [0.3, 0.4) is 0 Å². The lowest BCUT2D eigenvalue weighted by Gasteiger charge is -2.07.